The van der Waals surface area contributed by atoms with Crippen molar-refractivity contribution in [2.45, 2.75) is 72.3 Å². The number of carbonyl (C=O) groups is 4. The van der Waals surface area contributed by atoms with Crippen molar-refractivity contribution in [3.8, 4) is 0 Å². The molecule has 200 valence electrons. The number of hydrogen-bond acceptors (Lipinski definition) is 8. The number of aromatic nitrogens is 1. The van der Waals surface area contributed by atoms with Crippen LogP contribution in [0.25, 0.3) is 0 Å². The number of nitrogens with one attached hydrogen (secondary N) is 1. The number of anilines is 1. The fraction of sp³-hybridized carbons (Fsp3) is 0.423. The van der Waals surface area contributed by atoms with E-state index in [9.17, 15) is 19.2 Å². The van der Waals surface area contributed by atoms with Crippen molar-refractivity contribution < 1.29 is 33.4 Å². The third-order valence-electron chi connectivity index (χ3n) is 4.28. The number of rotatable bonds is 3. The Kier molecular flexibility index (Phi) is 9.63. The van der Waals surface area contributed by atoms with Crippen molar-refractivity contribution in [2.24, 2.45) is 0 Å². The molecule has 3 amide bonds. The van der Waals surface area contributed by atoms with E-state index in [-0.39, 0.29) is 18.1 Å². The predicted octanol–water partition coefficient (Wildman–Crippen LogP) is 5.41. The van der Waals surface area contributed by atoms with Gasteiger partial charge in [-0.1, -0.05) is 17.7 Å². The van der Waals surface area contributed by atoms with Gasteiger partial charge in [-0.05, 0) is 84.4 Å². The zero-order valence-electron chi connectivity index (χ0n) is 22.0. The van der Waals surface area contributed by atoms with Crippen LogP contribution in [0, 0.1) is 6.92 Å². The standard InChI is InChI=1S/C16H24N2O4.C10H8ClNO3/c1-11-8-9-17-12(10-11)18(13(19)21-15(2,3)4)14(20)22-16(5,6)7;11-7-3-1-2-6(4-7)10(14)15-9-5-8(13)12-9/h8-10H,1-7H3;1-4,9H,5H2,(H,12,13). The predicted molar refractivity (Wildman–Crippen MR) is 137 cm³/mol. The number of benzene rings is 1. The summed E-state index contributed by atoms with van der Waals surface area (Å²) in [5.74, 6) is -0.426. The molecule has 0 bridgehead atoms. The first-order chi connectivity index (χ1) is 17.0. The minimum Gasteiger partial charge on any atom is -0.443 e. The Hall–Kier alpha value is -3.66. The maximum atomic E-state index is 12.4. The van der Waals surface area contributed by atoms with Crippen molar-refractivity contribution >= 4 is 41.5 Å². The van der Waals surface area contributed by atoms with Crippen LogP contribution >= 0.6 is 11.6 Å². The lowest BCUT2D eigenvalue weighted by atomic mass is 10.2. The molecule has 1 aliphatic rings. The Bertz CT molecular complexity index is 1120. The van der Waals surface area contributed by atoms with Gasteiger partial charge in [0.05, 0.1) is 12.0 Å². The third-order valence-corrected chi connectivity index (χ3v) is 4.52. The summed E-state index contributed by atoms with van der Waals surface area (Å²) in [5.41, 5.74) is -0.228. The van der Waals surface area contributed by atoms with E-state index < -0.39 is 35.6 Å². The molecule has 0 aliphatic carbocycles. The van der Waals surface area contributed by atoms with Crippen LogP contribution in [-0.2, 0) is 19.0 Å². The molecule has 37 heavy (non-hydrogen) atoms. The van der Waals surface area contributed by atoms with E-state index >= 15 is 0 Å². The minimum absolute atomic E-state index is 0.112. The molecule has 1 aromatic heterocycles. The highest BCUT2D eigenvalue weighted by Crippen LogP contribution is 2.20. The molecule has 3 rings (SSSR count). The van der Waals surface area contributed by atoms with Gasteiger partial charge in [0, 0.05) is 11.2 Å². The van der Waals surface area contributed by atoms with Gasteiger partial charge >= 0.3 is 18.2 Å². The fourth-order valence-corrected chi connectivity index (χ4v) is 2.92. The number of nitrogens with zero attached hydrogens (tertiary/aromatic N) is 2. The zero-order valence-corrected chi connectivity index (χ0v) is 22.7. The number of esters is 1. The molecule has 2 heterocycles. The highest BCUT2D eigenvalue weighted by molar-refractivity contribution is 6.30. The van der Waals surface area contributed by atoms with E-state index in [0.717, 1.165) is 10.5 Å². The second-order valence-corrected chi connectivity index (χ2v) is 10.6. The van der Waals surface area contributed by atoms with E-state index in [2.05, 4.69) is 10.3 Å². The topological polar surface area (TPSA) is 124 Å². The van der Waals surface area contributed by atoms with Gasteiger partial charge in [0.25, 0.3) is 0 Å². The third kappa shape index (κ3) is 10.1. The van der Waals surface area contributed by atoms with Gasteiger partial charge in [-0.25, -0.2) is 19.4 Å². The lowest BCUT2D eigenvalue weighted by Crippen LogP contribution is -2.50. The van der Waals surface area contributed by atoms with E-state index in [0.29, 0.717) is 10.6 Å². The van der Waals surface area contributed by atoms with Crippen molar-refractivity contribution in [1.29, 1.82) is 0 Å². The number of hydrogen-bond donors (Lipinski definition) is 1. The van der Waals surface area contributed by atoms with Gasteiger partial charge in [-0.2, -0.15) is 4.90 Å². The maximum Gasteiger partial charge on any atom is 0.425 e. The summed E-state index contributed by atoms with van der Waals surface area (Å²) in [4.78, 5) is 51.6. The van der Waals surface area contributed by atoms with E-state index in [1.807, 2.05) is 6.92 Å². The normalized spacial score (nSPS) is 14.7. The first-order valence-electron chi connectivity index (χ1n) is 11.5. The summed E-state index contributed by atoms with van der Waals surface area (Å²) < 4.78 is 15.5. The van der Waals surface area contributed by atoms with Crippen LogP contribution in [0.4, 0.5) is 15.4 Å². The SMILES string of the molecule is Cc1ccnc(N(C(=O)OC(C)(C)C)C(=O)OC(C)(C)C)c1.O=C1CC(OC(=O)c2cccc(Cl)c2)N1. The van der Waals surface area contributed by atoms with Crippen LogP contribution in [0.1, 0.15) is 63.9 Å². The molecule has 1 fully saturated rings. The summed E-state index contributed by atoms with van der Waals surface area (Å²) in [7, 11) is 0. The quantitative estimate of drug-likeness (QED) is 0.315. The molecule has 0 spiro atoms. The van der Waals surface area contributed by atoms with Gasteiger partial charge in [0.1, 0.15) is 17.0 Å². The first kappa shape index (κ1) is 29.6. The molecule has 1 N–H and O–H groups in total. The van der Waals surface area contributed by atoms with Crippen LogP contribution < -0.4 is 10.2 Å². The van der Waals surface area contributed by atoms with Gasteiger partial charge in [-0.3, -0.25) is 4.79 Å². The van der Waals surface area contributed by atoms with Crippen LogP contribution in [0.15, 0.2) is 42.6 Å². The average molecular weight is 534 g/mol. The number of β-lactam (4-membered cyclic amide) rings is 1. The number of amides is 3. The van der Waals surface area contributed by atoms with E-state index in [1.54, 1.807) is 71.9 Å². The summed E-state index contributed by atoms with van der Waals surface area (Å²) in [6, 6.07) is 9.85. The number of ether oxygens (including phenoxy) is 3. The van der Waals surface area contributed by atoms with Crippen molar-refractivity contribution in [2.75, 3.05) is 4.90 Å². The van der Waals surface area contributed by atoms with Crippen LogP contribution in [0.3, 0.4) is 0 Å². The number of pyridine rings is 1. The lowest BCUT2D eigenvalue weighted by Gasteiger charge is -2.28. The summed E-state index contributed by atoms with van der Waals surface area (Å²) >= 11 is 5.72. The molecule has 0 saturated carbocycles. The highest BCUT2D eigenvalue weighted by Gasteiger charge is 2.33. The van der Waals surface area contributed by atoms with Gasteiger partial charge in [0.15, 0.2) is 6.23 Å². The van der Waals surface area contributed by atoms with Crippen LogP contribution in [0.5, 0.6) is 0 Å². The first-order valence-corrected chi connectivity index (χ1v) is 11.9. The summed E-state index contributed by atoms with van der Waals surface area (Å²) in [6.07, 6.45) is -0.387. The zero-order chi connectivity index (χ0) is 28.0. The second kappa shape index (κ2) is 12.1. The van der Waals surface area contributed by atoms with Gasteiger partial charge < -0.3 is 19.5 Å². The van der Waals surface area contributed by atoms with E-state index in [4.69, 9.17) is 25.8 Å². The number of aryl methyl sites for hydroxylation is 1. The number of imide groups is 1. The summed E-state index contributed by atoms with van der Waals surface area (Å²) in [5, 5.41) is 2.92. The van der Waals surface area contributed by atoms with Crippen LogP contribution in [0.2, 0.25) is 5.02 Å². The molecule has 2 aromatic rings. The molecule has 1 saturated heterocycles. The van der Waals surface area contributed by atoms with Gasteiger partial charge in [-0.15, -0.1) is 0 Å². The average Bonchev–Trinajstić information content (AvgIpc) is 2.70. The molecule has 1 aliphatic heterocycles. The number of halogens is 1. The monoisotopic (exact) mass is 533 g/mol. The Morgan fingerprint density at radius 3 is 2.03 bits per heavy atom. The Balaban J connectivity index is 0.000000278. The maximum absolute atomic E-state index is 12.4. The van der Waals surface area contributed by atoms with Crippen molar-refractivity contribution in [3.05, 3.63) is 58.7 Å². The van der Waals surface area contributed by atoms with Crippen molar-refractivity contribution in [3.63, 3.8) is 0 Å². The largest absolute Gasteiger partial charge is 0.443 e. The fourth-order valence-electron chi connectivity index (χ4n) is 2.73. The molecular weight excluding hydrogens is 502 g/mol. The molecule has 1 unspecified atom stereocenters. The van der Waals surface area contributed by atoms with Crippen molar-refractivity contribution in [1.82, 2.24) is 10.3 Å². The molecular formula is C26H32ClN3O7. The molecule has 11 heteroatoms. The highest BCUT2D eigenvalue weighted by atomic mass is 35.5. The van der Waals surface area contributed by atoms with E-state index in [1.165, 1.54) is 12.3 Å². The number of carbonyl (C=O) groups excluding carboxylic acids is 4. The van der Waals surface area contributed by atoms with Crippen LogP contribution in [-0.4, -0.2) is 46.5 Å². The molecule has 1 aromatic carbocycles. The Morgan fingerprint density at radius 2 is 1.57 bits per heavy atom. The second-order valence-electron chi connectivity index (χ2n) is 10.2. The summed E-state index contributed by atoms with van der Waals surface area (Å²) in [6.45, 7) is 12.2. The molecule has 0 radical (unpaired) electrons. The Labute approximate surface area is 221 Å². The molecule has 10 nitrogen and oxygen atoms in total. The van der Waals surface area contributed by atoms with Gasteiger partial charge in [0.2, 0.25) is 5.91 Å². The smallest absolute Gasteiger partial charge is 0.425 e. The Morgan fingerprint density at radius 1 is 1.00 bits per heavy atom. The molecule has 1 atom stereocenters. The lowest BCUT2D eigenvalue weighted by molar-refractivity contribution is -0.136. The minimum atomic E-state index is -0.820.